The molecule has 0 unspecified atom stereocenters. The molecule has 160 valence electrons. The summed E-state index contributed by atoms with van der Waals surface area (Å²) in [5.41, 5.74) is 0.937. The summed E-state index contributed by atoms with van der Waals surface area (Å²) in [7, 11) is 0. The molecule has 1 heterocycles. The van der Waals surface area contributed by atoms with Crippen molar-refractivity contribution in [3.8, 4) is 24.7 Å². The fraction of sp³-hybridized carbons (Fsp3) is 0.333. The molecule has 0 saturated heterocycles. The Morgan fingerprint density at radius 1 is 1.10 bits per heavy atom. The van der Waals surface area contributed by atoms with Crippen LogP contribution in [0.15, 0.2) is 42.6 Å². The summed E-state index contributed by atoms with van der Waals surface area (Å²) in [6, 6.07) is 11.3. The maximum Gasteiger partial charge on any atom is 0.423 e. The molecule has 0 aliphatic heterocycles. The van der Waals surface area contributed by atoms with E-state index in [0.717, 1.165) is 0 Å². The number of anilines is 1. The molecule has 3 rings (SSSR count). The van der Waals surface area contributed by atoms with Crippen molar-refractivity contribution in [1.29, 1.82) is 5.26 Å². The lowest BCUT2D eigenvalue weighted by Crippen LogP contribution is -2.25. The Balaban J connectivity index is 0.000000418. The van der Waals surface area contributed by atoms with Crippen LogP contribution in [0.25, 0.3) is 0 Å². The van der Waals surface area contributed by atoms with Crippen molar-refractivity contribution in [2.75, 3.05) is 5.43 Å². The number of pyridine rings is 1. The van der Waals surface area contributed by atoms with Crippen molar-refractivity contribution in [3.63, 3.8) is 0 Å². The second-order valence-electron chi connectivity index (χ2n) is 6.19. The van der Waals surface area contributed by atoms with Gasteiger partial charge in [-0.15, -0.1) is 12.8 Å². The van der Waals surface area contributed by atoms with Gasteiger partial charge in [-0.1, -0.05) is 18.2 Å². The summed E-state index contributed by atoms with van der Waals surface area (Å²) >= 11 is 0. The lowest BCUT2D eigenvalue weighted by molar-refractivity contribution is -0.139. The Labute approximate surface area is 172 Å². The van der Waals surface area contributed by atoms with Gasteiger partial charge in [0.15, 0.2) is 5.82 Å². The molecular weight excluding hydrogens is 400 g/mol. The summed E-state index contributed by atoms with van der Waals surface area (Å²) in [6.45, 7) is 0. The first-order chi connectivity index (χ1) is 14.3. The lowest BCUT2D eigenvalue weighted by Gasteiger charge is -2.27. The highest BCUT2D eigenvalue weighted by Gasteiger charge is 2.39. The molecular formula is C21H22F4N4O. The van der Waals surface area contributed by atoms with Gasteiger partial charge in [0.25, 0.3) is 0 Å². The van der Waals surface area contributed by atoms with Gasteiger partial charge in [0.05, 0.1) is 12.2 Å². The average Bonchev–Trinajstić information content (AvgIpc) is 2.76. The second-order valence-corrected chi connectivity index (χ2v) is 6.19. The number of ether oxygens (including phenoxy) is 1. The van der Waals surface area contributed by atoms with Crippen molar-refractivity contribution < 1.29 is 22.3 Å². The molecule has 1 aliphatic rings. The zero-order valence-electron chi connectivity index (χ0n) is 16.1. The van der Waals surface area contributed by atoms with E-state index in [4.69, 9.17) is 15.8 Å². The first-order valence-corrected chi connectivity index (χ1v) is 8.98. The van der Waals surface area contributed by atoms with E-state index in [-0.39, 0.29) is 23.6 Å². The van der Waals surface area contributed by atoms with Gasteiger partial charge in [0.2, 0.25) is 0 Å². The highest BCUT2D eigenvalue weighted by molar-refractivity contribution is 5.52. The summed E-state index contributed by atoms with van der Waals surface area (Å²) in [4.78, 5) is 3.56. The molecule has 2 aromatic rings. The van der Waals surface area contributed by atoms with Gasteiger partial charge in [-0.3, -0.25) is 0 Å². The van der Waals surface area contributed by atoms with Crippen molar-refractivity contribution in [1.82, 2.24) is 4.98 Å². The Morgan fingerprint density at radius 3 is 2.13 bits per heavy atom. The maximum atomic E-state index is 13.1. The normalized spacial score (nSPS) is 17.8. The molecule has 1 aromatic carbocycles. The zero-order chi connectivity index (χ0) is 22.6. The minimum absolute atomic E-state index is 0.0364. The molecule has 0 atom stereocenters. The Morgan fingerprint density at radius 2 is 1.70 bits per heavy atom. The molecule has 9 heteroatoms. The van der Waals surface area contributed by atoms with Crippen LogP contribution in [0.1, 0.15) is 31.2 Å². The second kappa shape index (κ2) is 12.3. The van der Waals surface area contributed by atoms with E-state index >= 15 is 0 Å². The number of nitrogens with one attached hydrogen (secondary N) is 1. The Hall–Kier alpha value is -3.30. The molecule has 1 aliphatic carbocycles. The van der Waals surface area contributed by atoms with Crippen LogP contribution < -0.4 is 16.0 Å². The number of terminal acetylenes is 1. The van der Waals surface area contributed by atoms with Gasteiger partial charge in [0.1, 0.15) is 17.1 Å². The third-order valence-electron chi connectivity index (χ3n) is 4.22. The van der Waals surface area contributed by atoms with Gasteiger partial charge in [0, 0.05) is 12.1 Å². The smallest absolute Gasteiger partial charge is 0.423 e. The van der Waals surface area contributed by atoms with E-state index in [9.17, 15) is 17.6 Å². The molecule has 0 amide bonds. The number of hydrazine groups is 1. The maximum absolute atomic E-state index is 13.1. The highest BCUT2D eigenvalue weighted by Crippen LogP contribution is 2.41. The number of nitrogens with zero attached hydrogens (tertiary/aromatic N) is 2. The molecule has 5 nitrogen and oxygen atoms in total. The van der Waals surface area contributed by atoms with Crippen molar-refractivity contribution in [2.45, 2.75) is 38.0 Å². The summed E-state index contributed by atoms with van der Waals surface area (Å²) in [5.74, 6) is 4.11. The number of benzene rings is 1. The largest absolute Gasteiger partial charge is 0.490 e. The zero-order valence-corrected chi connectivity index (χ0v) is 16.1. The first kappa shape index (κ1) is 24.7. The van der Waals surface area contributed by atoms with E-state index in [1.807, 2.05) is 5.43 Å². The summed E-state index contributed by atoms with van der Waals surface area (Å²) in [6.07, 6.45) is 6.65. The fourth-order valence-corrected chi connectivity index (χ4v) is 2.83. The van der Waals surface area contributed by atoms with Crippen LogP contribution in [0.2, 0.25) is 0 Å². The number of aromatic nitrogens is 1. The number of nitrogens with two attached hydrogens (primary N) is 1. The molecule has 1 fully saturated rings. The lowest BCUT2D eigenvalue weighted by atomic mass is 9.88. The third kappa shape index (κ3) is 7.61. The minimum atomic E-state index is -4.62. The molecule has 1 aromatic heterocycles. The molecule has 0 spiro atoms. The van der Waals surface area contributed by atoms with Crippen LogP contribution in [0, 0.1) is 35.9 Å². The van der Waals surface area contributed by atoms with Crippen LogP contribution in [-0.4, -0.2) is 11.1 Å². The van der Waals surface area contributed by atoms with Crippen molar-refractivity contribution in [3.05, 3.63) is 54.0 Å². The highest BCUT2D eigenvalue weighted by atomic mass is 19.4. The van der Waals surface area contributed by atoms with E-state index < -0.39 is 17.6 Å². The monoisotopic (exact) mass is 422 g/mol. The number of rotatable bonds is 3. The van der Waals surface area contributed by atoms with Gasteiger partial charge >= 0.3 is 6.18 Å². The number of alkyl halides is 3. The number of hydrogen-bond donors (Lipinski definition) is 2. The summed E-state index contributed by atoms with van der Waals surface area (Å²) in [5, 5.41) is 8.82. The third-order valence-corrected chi connectivity index (χ3v) is 4.22. The number of hydrogen-bond acceptors (Lipinski definition) is 5. The molecule has 1 saturated carbocycles. The number of halogens is 4. The van der Waals surface area contributed by atoms with Crippen LogP contribution in [0.3, 0.4) is 0 Å². The Kier molecular flexibility index (Phi) is 10.1. The molecule has 0 radical (unpaired) electrons. The molecule has 0 bridgehead atoms. The van der Waals surface area contributed by atoms with E-state index in [1.54, 1.807) is 18.2 Å². The van der Waals surface area contributed by atoms with Crippen molar-refractivity contribution >= 4 is 5.82 Å². The van der Waals surface area contributed by atoms with E-state index in [2.05, 4.69) is 23.9 Å². The standard InChI is InChI=1S/C13H15F3N4O.C6H5F.C2H2/c14-13(15,16)11-10(5-6-19-12(11)20-18)21-9-3-1-8(7-17)2-4-9;7-6-4-2-1-3-5-6;1-2/h5-6,8-9H,1-4,18H2,(H,19,20);1-5H;1-2H. The van der Waals surface area contributed by atoms with Gasteiger partial charge in [-0.05, 0) is 43.9 Å². The number of nitriles is 1. The molecule has 3 N–H and O–H groups in total. The molecule has 30 heavy (non-hydrogen) atoms. The Bertz CT molecular complexity index is 826. The topological polar surface area (TPSA) is 84.0 Å². The fourth-order valence-electron chi connectivity index (χ4n) is 2.83. The average molecular weight is 422 g/mol. The van der Waals surface area contributed by atoms with Crippen LogP contribution in [-0.2, 0) is 6.18 Å². The van der Waals surface area contributed by atoms with Crippen molar-refractivity contribution in [2.24, 2.45) is 11.8 Å². The SMILES string of the molecule is C#C.Fc1ccccc1.N#CC1CCC(Oc2ccnc(NN)c2C(F)(F)F)CC1. The quantitative estimate of drug-likeness (QED) is 0.317. The van der Waals surface area contributed by atoms with E-state index in [1.165, 1.54) is 24.4 Å². The predicted octanol–water partition coefficient (Wildman–Crippen LogP) is 4.92. The predicted molar refractivity (Wildman–Crippen MR) is 105 cm³/mol. The van der Waals surface area contributed by atoms with Crippen LogP contribution in [0.4, 0.5) is 23.4 Å². The number of nitrogen functional groups attached to an aromatic ring is 1. The minimum Gasteiger partial charge on any atom is -0.490 e. The van der Waals surface area contributed by atoms with Crippen LogP contribution in [0.5, 0.6) is 5.75 Å². The van der Waals surface area contributed by atoms with Crippen LogP contribution >= 0.6 is 0 Å². The first-order valence-electron chi connectivity index (χ1n) is 8.98. The van der Waals surface area contributed by atoms with Gasteiger partial charge < -0.3 is 10.2 Å². The summed E-state index contributed by atoms with van der Waals surface area (Å²) < 4.78 is 56.7. The van der Waals surface area contributed by atoms with Gasteiger partial charge in [-0.2, -0.15) is 18.4 Å². The van der Waals surface area contributed by atoms with Gasteiger partial charge in [-0.25, -0.2) is 15.2 Å². The van der Waals surface area contributed by atoms with E-state index in [0.29, 0.717) is 25.7 Å².